The lowest BCUT2D eigenvalue weighted by Gasteiger charge is -2.10. The molecule has 1 fully saturated rings. The number of nitrogens with zero attached hydrogens (tertiary/aromatic N) is 1. The number of aliphatic carboxylic acids is 1. The van der Waals surface area contributed by atoms with Crippen LogP contribution in [-0.4, -0.2) is 21.7 Å². The molecule has 5 nitrogen and oxygen atoms in total. The third kappa shape index (κ3) is 1.80. The summed E-state index contributed by atoms with van der Waals surface area (Å²) in [4.78, 5) is 22.3. The molecule has 0 aromatic carbocycles. The van der Waals surface area contributed by atoms with Crippen molar-refractivity contribution in [3.63, 3.8) is 0 Å². The molecule has 1 heterocycles. The minimum absolute atomic E-state index is 0.213. The van der Waals surface area contributed by atoms with Crippen LogP contribution < -0.4 is 5.43 Å². The number of carboxylic acid groups (broad SMARTS) is 1. The van der Waals surface area contributed by atoms with E-state index in [1.54, 1.807) is 4.68 Å². The molecular formula is C11H14N2O3. The Bertz CT molecular complexity index is 431. The fourth-order valence-electron chi connectivity index (χ4n) is 1.80. The van der Waals surface area contributed by atoms with Crippen molar-refractivity contribution in [1.29, 1.82) is 0 Å². The van der Waals surface area contributed by atoms with E-state index in [2.05, 4.69) is 5.43 Å². The molecule has 5 heteroatoms. The zero-order chi connectivity index (χ0) is 11.9. The Labute approximate surface area is 93.0 Å². The van der Waals surface area contributed by atoms with Gasteiger partial charge in [-0.15, -0.1) is 0 Å². The first-order chi connectivity index (χ1) is 7.50. The Morgan fingerprint density at radius 3 is 2.31 bits per heavy atom. The SMILES string of the molecule is Cc1ccc(C)n1NC(=O)[C@@H]1C[C@@H]1C(=O)O. The second-order valence-electron chi connectivity index (χ2n) is 4.21. The van der Waals surface area contributed by atoms with E-state index >= 15 is 0 Å². The maximum absolute atomic E-state index is 11.7. The summed E-state index contributed by atoms with van der Waals surface area (Å²) < 4.78 is 1.68. The van der Waals surface area contributed by atoms with E-state index in [4.69, 9.17) is 5.11 Å². The molecule has 1 aromatic heterocycles. The molecule has 1 aromatic rings. The van der Waals surface area contributed by atoms with Crippen molar-refractivity contribution in [3.05, 3.63) is 23.5 Å². The highest BCUT2D eigenvalue weighted by molar-refractivity contribution is 5.94. The summed E-state index contributed by atoms with van der Waals surface area (Å²) >= 11 is 0. The average Bonchev–Trinajstić information content (AvgIpc) is 2.96. The maximum Gasteiger partial charge on any atom is 0.307 e. The second kappa shape index (κ2) is 3.66. The normalized spacial score (nSPS) is 22.9. The number of hydrogen-bond donors (Lipinski definition) is 2. The largest absolute Gasteiger partial charge is 0.481 e. The van der Waals surface area contributed by atoms with Crippen LogP contribution in [0.15, 0.2) is 12.1 Å². The van der Waals surface area contributed by atoms with Crippen molar-refractivity contribution >= 4 is 11.9 Å². The van der Waals surface area contributed by atoms with Crippen LogP contribution in [-0.2, 0) is 9.59 Å². The molecule has 1 aliphatic carbocycles. The summed E-state index contributed by atoms with van der Waals surface area (Å²) in [5.74, 6) is -1.98. The molecule has 0 spiro atoms. The predicted molar refractivity (Wildman–Crippen MR) is 57.5 cm³/mol. The van der Waals surface area contributed by atoms with Gasteiger partial charge in [-0.3, -0.25) is 19.7 Å². The highest BCUT2D eigenvalue weighted by Crippen LogP contribution is 2.38. The Morgan fingerprint density at radius 2 is 1.88 bits per heavy atom. The third-order valence-electron chi connectivity index (χ3n) is 2.94. The van der Waals surface area contributed by atoms with Gasteiger partial charge >= 0.3 is 5.97 Å². The van der Waals surface area contributed by atoms with Crippen LogP contribution >= 0.6 is 0 Å². The summed E-state index contributed by atoms with van der Waals surface area (Å²) in [6, 6.07) is 3.80. The van der Waals surface area contributed by atoms with Gasteiger partial charge in [0.15, 0.2) is 0 Å². The van der Waals surface area contributed by atoms with Crippen molar-refractivity contribution < 1.29 is 14.7 Å². The minimum atomic E-state index is -0.888. The summed E-state index contributed by atoms with van der Waals surface area (Å²) in [6.45, 7) is 3.77. The summed E-state index contributed by atoms with van der Waals surface area (Å²) in [5.41, 5.74) is 4.58. The number of hydrogen-bond acceptors (Lipinski definition) is 2. The quantitative estimate of drug-likeness (QED) is 0.798. The van der Waals surface area contributed by atoms with Crippen molar-refractivity contribution in [2.24, 2.45) is 11.8 Å². The molecule has 1 aliphatic rings. The van der Waals surface area contributed by atoms with E-state index in [0.717, 1.165) is 11.4 Å². The van der Waals surface area contributed by atoms with Crippen LogP contribution in [0.4, 0.5) is 0 Å². The zero-order valence-corrected chi connectivity index (χ0v) is 9.23. The number of amides is 1. The molecule has 16 heavy (non-hydrogen) atoms. The van der Waals surface area contributed by atoms with Crippen LogP contribution in [0, 0.1) is 25.7 Å². The highest BCUT2D eigenvalue weighted by Gasteiger charge is 2.48. The van der Waals surface area contributed by atoms with Gasteiger partial charge in [0.05, 0.1) is 11.8 Å². The molecule has 0 bridgehead atoms. The zero-order valence-electron chi connectivity index (χ0n) is 9.23. The van der Waals surface area contributed by atoms with Gasteiger partial charge in [-0.1, -0.05) is 0 Å². The highest BCUT2D eigenvalue weighted by atomic mass is 16.4. The minimum Gasteiger partial charge on any atom is -0.481 e. The van der Waals surface area contributed by atoms with Crippen molar-refractivity contribution in [1.82, 2.24) is 4.68 Å². The lowest BCUT2D eigenvalue weighted by atomic mass is 10.3. The first kappa shape index (κ1) is 10.7. The van der Waals surface area contributed by atoms with Gasteiger partial charge in [0.25, 0.3) is 0 Å². The first-order valence-corrected chi connectivity index (χ1v) is 5.19. The lowest BCUT2D eigenvalue weighted by Crippen LogP contribution is -2.27. The van der Waals surface area contributed by atoms with Gasteiger partial charge in [0.2, 0.25) is 5.91 Å². The predicted octanol–water partition coefficient (Wildman–Crippen LogP) is 0.896. The van der Waals surface area contributed by atoms with Crippen molar-refractivity contribution in [3.8, 4) is 0 Å². The molecular weight excluding hydrogens is 208 g/mol. The second-order valence-corrected chi connectivity index (χ2v) is 4.21. The topological polar surface area (TPSA) is 71.3 Å². The molecule has 1 amide bonds. The smallest absolute Gasteiger partial charge is 0.307 e. The van der Waals surface area contributed by atoms with Crippen LogP contribution in [0.25, 0.3) is 0 Å². The Balaban J connectivity index is 2.02. The number of carbonyl (C=O) groups excluding carboxylic acids is 1. The van der Waals surface area contributed by atoms with Gasteiger partial charge in [-0.25, -0.2) is 0 Å². The third-order valence-corrected chi connectivity index (χ3v) is 2.94. The summed E-state index contributed by atoms with van der Waals surface area (Å²) in [6.07, 6.45) is 0.445. The van der Waals surface area contributed by atoms with E-state index in [1.807, 2.05) is 26.0 Å². The molecule has 0 radical (unpaired) electrons. The van der Waals surface area contributed by atoms with Crippen LogP contribution in [0.3, 0.4) is 0 Å². The Kier molecular flexibility index (Phi) is 2.46. The number of nitrogens with one attached hydrogen (secondary N) is 1. The number of aryl methyl sites for hydroxylation is 2. The van der Waals surface area contributed by atoms with Crippen LogP contribution in [0.5, 0.6) is 0 Å². The number of aromatic nitrogens is 1. The van der Waals surface area contributed by atoms with Gasteiger partial charge in [0.1, 0.15) is 0 Å². The fourth-order valence-corrected chi connectivity index (χ4v) is 1.80. The van der Waals surface area contributed by atoms with Crippen molar-refractivity contribution in [2.45, 2.75) is 20.3 Å². The van der Waals surface area contributed by atoms with E-state index in [-0.39, 0.29) is 11.8 Å². The van der Waals surface area contributed by atoms with Gasteiger partial charge < -0.3 is 5.11 Å². The summed E-state index contributed by atoms with van der Waals surface area (Å²) in [7, 11) is 0. The van der Waals surface area contributed by atoms with Gasteiger partial charge in [-0.05, 0) is 32.4 Å². The van der Waals surface area contributed by atoms with E-state index < -0.39 is 11.9 Å². The molecule has 0 aliphatic heterocycles. The lowest BCUT2D eigenvalue weighted by molar-refractivity contribution is -0.139. The Hall–Kier alpha value is -1.78. The molecule has 1 saturated carbocycles. The molecule has 0 saturated heterocycles. The van der Waals surface area contributed by atoms with E-state index in [0.29, 0.717) is 6.42 Å². The van der Waals surface area contributed by atoms with Gasteiger partial charge in [0, 0.05) is 11.4 Å². The molecule has 2 atom stereocenters. The molecule has 86 valence electrons. The van der Waals surface area contributed by atoms with Crippen LogP contribution in [0.1, 0.15) is 17.8 Å². The molecule has 2 rings (SSSR count). The fraction of sp³-hybridized carbons (Fsp3) is 0.455. The first-order valence-electron chi connectivity index (χ1n) is 5.19. The van der Waals surface area contributed by atoms with Crippen LogP contribution in [0.2, 0.25) is 0 Å². The van der Waals surface area contributed by atoms with E-state index in [9.17, 15) is 9.59 Å². The molecule has 2 N–H and O–H groups in total. The van der Waals surface area contributed by atoms with Gasteiger partial charge in [-0.2, -0.15) is 0 Å². The average molecular weight is 222 g/mol. The monoisotopic (exact) mass is 222 g/mol. The van der Waals surface area contributed by atoms with E-state index in [1.165, 1.54) is 0 Å². The standard InChI is InChI=1S/C11H14N2O3/c1-6-3-4-7(2)13(6)12-10(14)8-5-9(8)11(15)16/h3-4,8-9H,5H2,1-2H3,(H,12,14)(H,15,16)/t8-,9+/m1/s1. The summed E-state index contributed by atoms with van der Waals surface area (Å²) in [5, 5.41) is 8.72. The number of carboxylic acids is 1. The maximum atomic E-state index is 11.7. The Morgan fingerprint density at radius 1 is 1.31 bits per heavy atom. The number of carbonyl (C=O) groups is 2. The number of rotatable bonds is 3. The molecule has 0 unspecified atom stereocenters. The van der Waals surface area contributed by atoms with Crippen molar-refractivity contribution in [2.75, 3.05) is 5.43 Å².